The number of benzene rings is 2. The molecular formula is C20H28O. The second kappa shape index (κ2) is 9.93. The Morgan fingerprint density at radius 2 is 1.00 bits per heavy atom. The van der Waals surface area contributed by atoms with Crippen LogP contribution in [0.2, 0.25) is 0 Å². The highest BCUT2D eigenvalue weighted by Gasteiger charge is 2.33. The van der Waals surface area contributed by atoms with Crippen LogP contribution in [0.25, 0.3) is 0 Å². The van der Waals surface area contributed by atoms with Crippen molar-refractivity contribution in [2.75, 3.05) is 0 Å². The number of Topliss-reactive ketones (excluding diaryl/α,β-unsaturated/α-hetero) is 1. The van der Waals surface area contributed by atoms with Gasteiger partial charge in [0.1, 0.15) is 5.78 Å². The van der Waals surface area contributed by atoms with E-state index in [0.717, 1.165) is 11.1 Å². The van der Waals surface area contributed by atoms with Gasteiger partial charge in [0, 0.05) is 0 Å². The van der Waals surface area contributed by atoms with Gasteiger partial charge in [0.25, 0.3) is 0 Å². The van der Waals surface area contributed by atoms with E-state index in [1.165, 1.54) is 0 Å². The van der Waals surface area contributed by atoms with Crippen LogP contribution in [0.15, 0.2) is 60.7 Å². The van der Waals surface area contributed by atoms with Gasteiger partial charge in [0.2, 0.25) is 0 Å². The van der Waals surface area contributed by atoms with E-state index in [-0.39, 0.29) is 5.78 Å². The van der Waals surface area contributed by atoms with E-state index >= 15 is 0 Å². The van der Waals surface area contributed by atoms with E-state index in [1.54, 1.807) is 6.92 Å². The second-order valence-corrected chi connectivity index (χ2v) is 4.41. The molecule has 2 aromatic carbocycles. The fourth-order valence-corrected chi connectivity index (χ4v) is 2.12. The average Bonchev–Trinajstić information content (AvgIpc) is 2.59. The Bertz CT molecular complexity index is 460. The van der Waals surface area contributed by atoms with Crippen LogP contribution < -0.4 is 0 Å². The molecule has 114 valence electrons. The monoisotopic (exact) mass is 284 g/mol. The molecule has 0 spiro atoms. The van der Waals surface area contributed by atoms with Crippen LogP contribution in [-0.2, 0) is 10.2 Å². The lowest BCUT2D eigenvalue weighted by Gasteiger charge is -2.28. The molecule has 0 aliphatic carbocycles. The summed E-state index contributed by atoms with van der Waals surface area (Å²) in [5, 5.41) is 0. The van der Waals surface area contributed by atoms with Crippen molar-refractivity contribution >= 4 is 5.78 Å². The number of rotatable bonds is 3. The van der Waals surface area contributed by atoms with E-state index in [2.05, 4.69) is 0 Å². The van der Waals surface area contributed by atoms with Crippen molar-refractivity contribution in [3.63, 3.8) is 0 Å². The minimum absolute atomic E-state index is 0.162. The highest BCUT2D eigenvalue weighted by atomic mass is 16.1. The molecule has 0 fully saturated rings. The molecule has 0 bridgehead atoms. The normalized spacial score (nSPS) is 9.62. The van der Waals surface area contributed by atoms with Gasteiger partial charge >= 0.3 is 0 Å². The maximum atomic E-state index is 12.1. The summed E-state index contributed by atoms with van der Waals surface area (Å²) in [7, 11) is 0. The van der Waals surface area contributed by atoms with Crippen LogP contribution in [0.5, 0.6) is 0 Å². The summed E-state index contributed by atoms with van der Waals surface area (Å²) < 4.78 is 0. The maximum absolute atomic E-state index is 12.1. The first-order valence-electron chi connectivity index (χ1n) is 7.78. The number of hydrogen-bond donors (Lipinski definition) is 0. The Labute approximate surface area is 130 Å². The van der Waals surface area contributed by atoms with Gasteiger partial charge in [-0.05, 0) is 25.0 Å². The molecule has 1 heteroatoms. The molecule has 1 nitrogen and oxygen atoms in total. The van der Waals surface area contributed by atoms with Gasteiger partial charge in [0.15, 0.2) is 0 Å². The summed E-state index contributed by atoms with van der Waals surface area (Å²) in [4.78, 5) is 12.1. The van der Waals surface area contributed by atoms with Crippen LogP contribution in [0, 0.1) is 0 Å². The summed E-state index contributed by atoms with van der Waals surface area (Å²) in [6.45, 7) is 11.6. The Morgan fingerprint density at radius 1 is 0.714 bits per heavy atom. The molecule has 0 saturated heterocycles. The quantitative estimate of drug-likeness (QED) is 0.713. The highest BCUT2D eigenvalue weighted by Crippen LogP contribution is 2.32. The molecule has 0 atom stereocenters. The van der Waals surface area contributed by atoms with Crippen molar-refractivity contribution in [1.82, 2.24) is 0 Å². The summed E-state index contributed by atoms with van der Waals surface area (Å²) in [5.41, 5.74) is 1.53. The zero-order valence-electron chi connectivity index (χ0n) is 14.2. The van der Waals surface area contributed by atoms with Crippen LogP contribution in [-0.4, -0.2) is 5.78 Å². The standard InChI is InChI=1S/C16H16O.2C2H6/c1-13(17)16(2,14-9-5-3-6-10-14)15-11-7-4-8-12-15;2*1-2/h3-12H,1-2H3;2*1-2H3. The van der Waals surface area contributed by atoms with Crippen molar-refractivity contribution < 1.29 is 4.79 Å². The first-order valence-corrected chi connectivity index (χ1v) is 7.78. The fraction of sp³-hybridized carbons (Fsp3) is 0.350. The molecule has 21 heavy (non-hydrogen) atoms. The minimum Gasteiger partial charge on any atom is -0.299 e. The van der Waals surface area contributed by atoms with Crippen LogP contribution in [0.1, 0.15) is 52.7 Å². The molecule has 0 heterocycles. The third-order valence-corrected chi connectivity index (χ3v) is 3.41. The molecule has 0 aliphatic heterocycles. The summed E-state index contributed by atoms with van der Waals surface area (Å²) in [6, 6.07) is 19.9. The first kappa shape index (κ1) is 19.1. The van der Waals surface area contributed by atoms with Crippen LogP contribution >= 0.6 is 0 Å². The highest BCUT2D eigenvalue weighted by molar-refractivity contribution is 5.91. The molecule has 0 radical (unpaired) electrons. The maximum Gasteiger partial charge on any atom is 0.144 e. The zero-order valence-corrected chi connectivity index (χ0v) is 14.2. The molecule has 0 saturated carbocycles. The molecule has 0 aliphatic rings. The molecule has 0 N–H and O–H groups in total. The van der Waals surface area contributed by atoms with E-state index in [4.69, 9.17) is 0 Å². The SMILES string of the molecule is CC.CC.CC(=O)C(C)(c1ccccc1)c1ccccc1. The van der Waals surface area contributed by atoms with Crippen molar-refractivity contribution in [3.8, 4) is 0 Å². The van der Waals surface area contributed by atoms with E-state index in [0.29, 0.717) is 0 Å². The lowest BCUT2D eigenvalue weighted by Crippen LogP contribution is -2.31. The summed E-state index contributed by atoms with van der Waals surface area (Å²) >= 11 is 0. The van der Waals surface area contributed by atoms with Gasteiger partial charge in [-0.25, -0.2) is 0 Å². The topological polar surface area (TPSA) is 17.1 Å². The third kappa shape index (κ3) is 4.56. The lowest BCUT2D eigenvalue weighted by atomic mass is 9.73. The number of carbonyl (C=O) groups is 1. The zero-order chi connectivity index (χ0) is 16.3. The van der Waals surface area contributed by atoms with Crippen molar-refractivity contribution in [3.05, 3.63) is 71.8 Å². The van der Waals surface area contributed by atoms with Crippen molar-refractivity contribution in [2.24, 2.45) is 0 Å². The van der Waals surface area contributed by atoms with Gasteiger partial charge in [-0.2, -0.15) is 0 Å². The summed E-state index contributed by atoms with van der Waals surface area (Å²) in [5.74, 6) is 0.162. The lowest BCUT2D eigenvalue weighted by molar-refractivity contribution is -0.120. The number of carbonyl (C=O) groups excluding carboxylic acids is 1. The largest absolute Gasteiger partial charge is 0.299 e. The van der Waals surface area contributed by atoms with Gasteiger partial charge in [0.05, 0.1) is 5.41 Å². The molecule has 2 rings (SSSR count). The van der Waals surface area contributed by atoms with Gasteiger partial charge in [-0.3, -0.25) is 4.79 Å². The van der Waals surface area contributed by atoms with Crippen LogP contribution in [0.4, 0.5) is 0 Å². The molecule has 0 amide bonds. The third-order valence-electron chi connectivity index (χ3n) is 3.41. The smallest absolute Gasteiger partial charge is 0.144 e. The Morgan fingerprint density at radius 3 is 1.24 bits per heavy atom. The van der Waals surface area contributed by atoms with Gasteiger partial charge in [-0.1, -0.05) is 88.4 Å². The van der Waals surface area contributed by atoms with E-state index in [9.17, 15) is 4.79 Å². The Hall–Kier alpha value is -1.89. The Balaban J connectivity index is 0.000000921. The Kier molecular flexibility index (Phi) is 9.03. The first-order chi connectivity index (χ1) is 10.2. The predicted molar refractivity (Wildman–Crippen MR) is 92.7 cm³/mol. The van der Waals surface area contributed by atoms with E-state index < -0.39 is 5.41 Å². The van der Waals surface area contributed by atoms with Gasteiger partial charge in [-0.15, -0.1) is 0 Å². The van der Waals surface area contributed by atoms with Crippen molar-refractivity contribution in [1.29, 1.82) is 0 Å². The molecule has 0 unspecified atom stereocenters. The average molecular weight is 284 g/mol. The van der Waals surface area contributed by atoms with Crippen molar-refractivity contribution in [2.45, 2.75) is 47.0 Å². The second-order valence-electron chi connectivity index (χ2n) is 4.41. The predicted octanol–water partition coefficient (Wildman–Crippen LogP) is 5.63. The molecule has 2 aromatic rings. The summed E-state index contributed by atoms with van der Waals surface area (Å²) in [6.07, 6.45) is 0. The van der Waals surface area contributed by atoms with Crippen LogP contribution in [0.3, 0.4) is 0 Å². The molecular weight excluding hydrogens is 256 g/mol. The van der Waals surface area contributed by atoms with Gasteiger partial charge < -0.3 is 0 Å². The molecule has 0 aromatic heterocycles. The van der Waals surface area contributed by atoms with E-state index in [1.807, 2.05) is 95.3 Å². The number of ketones is 1. The fourth-order valence-electron chi connectivity index (χ4n) is 2.12. The number of hydrogen-bond acceptors (Lipinski definition) is 1. The minimum atomic E-state index is -0.553.